The van der Waals surface area contributed by atoms with Gasteiger partial charge in [0.15, 0.2) is 0 Å². The Kier molecular flexibility index (Phi) is 4.89. The van der Waals surface area contributed by atoms with Gasteiger partial charge >= 0.3 is 6.61 Å². The highest BCUT2D eigenvalue weighted by Gasteiger charge is 2.08. The zero-order chi connectivity index (χ0) is 14.5. The van der Waals surface area contributed by atoms with E-state index in [0.717, 1.165) is 3.57 Å². The van der Waals surface area contributed by atoms with Crippen LogP contribution in [0.3, 0.4) is 0 Å². The lowest BCUT2D eigenvalue weighted by atomic mass is 10.2. The van der Waals surface area contributed by atoms with Gasteiger partial charge in [0, 0.05) is 14.8 Å². The van der Waals surface area contributed by atoms with Crippen LogP contribution in [0, 0.1) is 3.57 Å². The molecule has 1 N–H and O–H groups in total. The first-order valence-electron chi connectivity index (χ1n) is 5.66. The molecule has 0 radical (unpaired) electrons. The van der Waals surface area contributed by atoms with Crippen LogP contribution in [-0.4, -0.2) is 12.5 Å². The third-order valence-corrected chi connectivity index (χ3v) is 3.10. The van der Waals surface area contributed by atoms with E-state index in [9.17, 15) is 13.6 Å². The van der Waals surface area contributed by atoms with Crippen LogP contribution in [-0.2, 0) is 0 Å². The number of carbonyl (C=O) groups excluding carboxylic acids is 1. The van der Waals surface area contributed by atoms with Gasteiger partial charge in [0.1, 0.15) is 5.75 Å². The van der Waals surface area contributed by atoms with Crippen LogP contribution < -0.4 is 10.1 Å². The number of alkyl halides is 2. The minimum atomic E-state index is -2.87. The van der Waals surface area contributed by atoms with Crippen LogP contribution in [0.2, 0.25) is 0 Å². The number of rotatable bonds is 4. The Morgan fingerprint density at radius 2 is 1.85 bits per heavy atom. The average molecular weight is 389 g/mol. The number of halogens is 3. The summed E-state index contributed by atoms with van der Waals surface area (Å²) in [5, 5.41) is 2.73. The van der Waals surface area contributed by atoms with Gasteiger partial charge in [0.25, 0.3) is 5.91 Å². The molecule has 0 fully saturated rings. The summed E-state index contributed by atoms with van der Waals surface area (Å²) in [5.74, 6) is -0.290. The highest BCUT2D eigenvalue weighted by Crippen LogP contribution is 2.17. The molecule has 6 heteroatoms. The smallest absolute Gasteiger partial charge is 0.387 e. The number of hydrogen-bond donors (Lipinski definition) is 1. The fraction of sp³-hybridized carbons (Fsp3) is 0.0714. The monoisotopic (exact) mass is 389 g/mol. The predicted molar refractivity (Wildman–Crippen MR) is 80.2 cm³/mol. The summed E-state index contributed by atoms with van der Waals surface area (Å²) in [6.07, 6.45) is 0. The zero-order valence-electron chi connectivity index (χ0n) is 10.1. The van der Waals surface area contributed by atoms with E-state index in [1.807, 2.05) is 18.2 Å². The van der Waals surface area contributed by atoms with Crippen LogP contribution in [0.5, 0.6) is 5.75 Å². The summed E-state index contributed by atoms with van der Waals surface area (Å²) in [6.45, 7) is -2.87. The molecule has 0 aliphatic carbocycles. The van der Waals surface area contributed by atoms with Gasteiger partial charge < -0.3 is 10.1 Å². The van der Waals surface area contributed by atoms with E-state index in [0.29, 0.717) is 11.3 Å². The Balaban J connectivity index is 2.06. The first-order valence-corrected chi connectivity index (χ1v) is 6.74. The second-order valence-electron chi connectivity index (χ2n) is 3.87. The SMILES string of the molecule is O=C(Nc1cccc(I)c1)c1ccc(OC(F)F)cc1. The summed E-state index contributed by atoms with van der Waals surface area (Å²) in [4.78, 5) is 12.0. The van der Waals surface area contributed by atoms with Gasteiger partial charge in [-0.2, -0.15) is 8.78 Å². The van der Waals surface area contributed by atoms with Gasteiger partial charge in [-0.15, -0.1) is 0 Å². The molecule has 0 heterocycles. The number of anilines is 1. The lowest BCUT2D eigenvalue weighted by Crippen LogP contribution is -2.12. The molecule has 0 aromatic heterocycles. The number of hydrogen-bond acceptors (Lipinski definition) is 2. The van der Waals surface area contributed by atoms with Crippen molar-refractivity contribution >= 4 is 34.2 Å². The molecule has 2 aromatic carbocycles. The van der Waals surface area contributed by atoms with Crippen molar-refractivity contribution in [3.8, 4) is 5.75 Å². The molecule has 2 aromatic rings. The Bertz CT molecular complexity index is 602. The van der Waals surface area contributed by atoms with Crippen molar-refractivity contribution in [3.63, 3.8) is 0 Å². The first-order chi connectivity index (χ1) is 9.54. The quantitative estimate of drug-likeness (QED) is 0.799. The molecule has 0 saturated heterocycles. The zero-order valence-corrected chi connectivity index (χ0v) is 12.3. The van der Waals surface area contributed by atoms with E-state index < -0.39 is 6.61 Å². The molecule has 0 atom stereocenters. The number of nitrogens with one attached hydrogen (secondary N) is 1. The summed E-state index contributed by atoms with van der Waals surface area (Å²) < 4.78 is 29.2. The highest BCUT2D eigenvalue weighted by atomic mass is 127. The molecule has 0 spiro atoms. The third-order valence-electron chi connectivity index (χ3n) is 2.42. The Morgan fingerprint density at radius 3 is 2.45 bits per heavy atom. The van der Waals surface area contributed by atoms with Crippen LogP contribution >= 0.6 is 22.6 Å². The molecule has 0 aliphatic heterocycles. The van der Waals surface area contributed by atoms with Gasteiger partial charge in [0.05, 0.1) is 0 Å². The number of amides is 1. The summed E-state index contributed by atoms with van der Waals surface area (Å²) in [5.41, 5.74) is 1.04. The second kappa shape index (κ2) is 6.65. The Hall–Kier alpha value is -1.70. The van der Waals surface area contributed by atoms with E-state index in [4.69, 9.17) is 0 Å². The minimum Gasteiger partial charge on any atom is -0.435 e. The lowest BCUT2D eigenvalue weighted by molar-refractivity contribution is -0.0498. The Morgan fingerprint density at radius 1 is 1.15 bits per heavy atom. The minimum absolute atomic E-state index is 0.0193. The molecule has 104 valence electrons. The van der Waals surface area contributed by atoms with Gasteiger partial charge in [0.2, 0.25) is 0 Å². The van der Waals surface area contributed by atoms with Crippen molar-refractivity contribution in [3.05, 3.63) is 57.7 Å². The first kappa shape index (κ1) is 14.7. The van der Waals surface area contributed by atoms with Crippen molar-refractivity contribution in [1.82, 2.24) is 0 Å². The van der Waals surface area contributed by atoms with Crippen molar-refractivity contribution in [2.24, 2.45) is 0 Å². The molecule has 0 bridgehead atoms. The molecular weight excluding hydrogens is 379 g/mol. The maximum Gasteiger partial charge on any atom is 0.387 e. The van der Waals surface area contributed by atoms with Crippen molar-refractivity contribution < 1.29 is 18.3 Å². The van der Waals surface area contributed by atoms with E-state index in [-0.39, 0.29) is 11.7 Å². The lowest BCUT2D eigenvalue weighted by Gasteiger charge is -2.07. The van der Waals surface area contributed by atoms with Gasteiger partial charge in [-0.25, -0.2) is 0 Å². The largest absolute Gasteiger partial charge is 0.435 e. The molecule has 1 amide bonds. The van der Waals surface area contributed by atoms with E-state index in [1.54, 1.807) is 6.07 Å². The fourth-order valence-corrected chi connectivity index (χ4v) is 2.10. The maximum absolute atomic E-state index is 12.0. The molecule has 0 saturated carbocycles. The van der Waals surface area contributed by atoms with Gasteiger partial charge in [-0.05, 0) is 65.1 Å². The summed E-state index contributed by atoms with van der Waals surface area (Å²) in [7, 11) is 0. The molecular formula is C14H10F2INO2. The van der Waals surface area contributed by atoms with Crippen LogP contribution in [0.25, 0.3) is 0 Å². The molecule has 20 heavy (non-hydrogen) atoms. The fourth-order valence-electron chi connectivity index (χ4n) is 1.56. The summed E-state index contributed by atoms with van der Waals surface area (Å²) in [6, 6.07) is 12.9. The van der Waals surface area contributed by atoms with E-state index in [2.05, 4.69) is 32.6 Å². The number of ether oxygens (including phenoxy) is 1. The standard InChI is InChI=1S/C14H10F2INO2/c15-14(16)20-12-6-4-9(5-7-12)13(19)18-11-3-1-2-10(17)8-11/h1-8,14H,(H,18,19). The van der Waals surface area contributed by atoms with Gasteiger partial charge in [-0.3, -0.25) is 4.79 Å². The van der Waals surface area contributed by atoms with Crippen LogP contribution in [0.4, 0.5) is 14.5 Å². The van der Waals surface area contributed by atoms with E-state index in [1.165, 1.54) is 24.3 Å². The third kappa shape index (κ3) is 4.16. The van der Waals surface area contributed by atoms with Crippen molar-refractivity contribution in [1.29, 1.82) is 0 Å². The molecule has 0 aliphatic rings. The van der Waals surface area contributed by atoms with Crippen LogP contribution in [0.15, 0.2) is 48.5 Å². The molecule has 2 rings (SSSR count). The second-order valence-corrected chi connectivity index (χ2v) is 5.11. The predicted octanol–water partition coefficient (Wildman–Crippen LogP) is 4.14. The average Bonchev–Trinajstić information content (AvgIpc) is 2.38. The van der Waals surface area contributed by atoms with Crippen molar-refractivity contribution in [2.75, 3.05) is 5.32 Å². The highest BCUT2D eigenvalue weighted by molar-refractivity contribution is 14.1. The van der Waals surface area contributed by atoms with Gasteiger partial charge in [-0.1, -0.05) is 6.07 Å². The normalized spacial score (nSPS) is 10.4. The summed E-state index contributed by atoms with van der Waals surface area (Å²) >= 11 is 2.14. The number of carbonyl (C=O) groups is 1. The molecule has 3 nitrogen and oxygen atoms in total. The van der Waals surface area contributed by atoms with E-state index >= 15 is 0 Å². The Labute approximate surface area is 128 Å². The topological polar surface area (TPSA) is 38.3 Å². The van der Waals surface area contributed by atoms with Crippen LogP contribution in [0.1, 0.15) is 10.4 Å². The molecule has 0 unspecified atom stereocenters. The maximum atomic E-state index is 12.0. The van der Waals surface area contributed by atoms with Crippen molar-refractivity contribution in [2.45, 2.75) is 6.61 Å². The number of benzene rings is 2.